The molecule has 1 amide bonds. The summed E-state index contributed by atoms with van der Waals surface area (Å²) in [6.45, 7) is 1.78. The Bertz CT molecular complexity index is 1730. The van der Waals surface area contributed by atoms with E-state index < -0.39 is 124 Å². The first-order valence-corrected chi connectivity index (χ1v) is 38.4. The maximum absolute atomic E-state index is 13.4. The van der Waals surface area contributed by atoms with Crippen molar-refractivity contribution in [2.45, 2.75) is 426 Å². The first kappa shape index (κ1) is 85.8. The van der Waals surface area contributed by atoms with E-state index in [2.05, 4.69) is 19.2 Å². The zero-order chi connectivity index (χ0) is 67.5. The van der Waals surface area contributed by atoms with Gasteiger partial charge in [0.2, 0.25) is 5.91 Å². The van der Waals surface area contributed by atoms with Gasteiger partial charge in [-0.05, 0) is 19.3 Å². The Balaban J connectivity index is 1.36. The Morgan fingerprint density at radius 1 is 0.376 bits per heavy atom. The van der Waals surface area contributed by atoms with E-state index in [0.717, 1.165) is 44.9 Å². The van der Waals surface area contributed by atoms with Gasteiger partial charge in [-0.3, -0.25) is 4.79 Å². The molecule has 93 heavy (non-hydrogen) atoms. The molecular weight excluding hydrogens is 1190 g/mol. The molecule has 3 aliphatic heterocycles. The summed E-state index contributed by atoms with van der Waals surface area (Å²) in [7, 11) is 0. The van der Waals surface area contributed by atoms with Gasteiger partial charge in [-0.15, -0.1) is 0 Å². The molecule has 0 aromatic rings. The van der Waals surface area contributed by atoms with Crippen LogP contribution in [0.1, 0.15) is 322 Å². The topological polar surface area (TPSA) is 307 Å². The zero-order valence-electron chi connectivity index (χ0n) is 58.5. The number of hydrogen-bond acceptors (Lipinski definition) is 18. The van der Waals surface area contributed by atoms with Crippen LogP contribution in [0.25, 0.3) is 0 Å². The van der Waals surface area contributed by atoms with E-state index >= 15 is 0 Å². The molecular formula is C74H141NO18. The summed E-state index contributed by atoms with van der Waals surface area (Å²) in [6, 6.07) is -0.969. The number of amides is 1. The number of allylic oxidation sites excluding steroid dienone is 1. The standard InChI is InChI=1S/C74H141NO18/c1-3-5-7-9-11-13-15-17-19-21-22-23-24-25-26-27-28-29-30-31-32-33-34-36-38-40-42-44-46-48-50-52-62(80)75-57(58(79)51-49-47-45-43-41-39-37-35-20-18-16-14-12-10-8-6-4-2)56-88-72-68(86)65(83)70(60(54-77)90-72)93-74-69(87)66(84)71(61(55-78)91-74)92-73-67(85)64(82)63(81)59(53-76)89-73/h49,51,57-61,63-74,76-79,81-87H,3-48,50,52-56H2,1-2H3,(H,75,80)/b51-49+. The second kappa shape index (κ2) is 56.3. The first-order valence-electron chi connectivity index (χ1n) is 38.4. The number of aliphatic hydroxyl groups excluding tert-OH is 11. The number of carbonyl (C=O) groups excluding carboxylic acids is 1. The van der Waals surface area contributed by atoms with Crippen molar-refractivity contribution in [1.82, 2.24) is 5.32 Å². The fourth-order valence-corrected chi connectivity index (χ4v) is 13.4. The highest BCUT2D eigenvalue weighted by molar-refractivity contribution is 5.76. The monoisotopic (exact) mass is 1330 g/mol. The maximum atomic E-state index is 13.4. The Morgan fingerprint density at radius 2 is 0.667 bits per heavy atom. The van der Waals surface area contributed by atoms with Crippen LogP contribution < -0.4 is 5.32 Å². The van der Waals surface area contributed by atoms with E-state index in [1.165, 1.54) is 250 Å². The highest BCUT2D eigenvalue weighted by Gasteiger charge is 2.53. The third-order valence-electron chi connectivity index (χ3n) is 19.6. The fraction of sp³-hybridized carbons (Fsp3) is 0.959. The lowest BCUT2D eigenvalue weighted by atomic mass is 9.96. The fourth-order valence-electron chi connectivity index (χ4n) is 13.4. The molecule has 0 saturated carbocycles. The number of ether oxygens (including phenoxy) is 6. The van der Waals surface area contributed by atoms with Crippen molar-refractivity contribution < 1.29 is 89.4 Å². The SMILES string of the molecule is CCCCCCCCCCCCCCCCC/C=C/C(O)C(COC1OC(CO)C(OC2OC(CO)C(OC3OC(CO)C(O)C(O)C3O)C(O)C2O)C(O)C1O)NC(=O)CCCCCCCCCCCCCCCCCCCCCCCCCCCCCCCCC. The summed E-state index contributed by atoms with van der Waals surface area (Å²) in [5, 5.41) is 121. The quantitative estimate of drug-likeness (QED) is 0.0199. The minimum atomic E-state index is -1.98. The number of nitrogens with one attached hydrogen (secondary N) is 1. The molecule has 0 bridgehead atoms. The molecule has 19 nitrogen and oxygen atoms in total. The van der Waals surface area contributed by atoms with Gasteiger partial charge < -0.3 is 89.9 Å². The van der Waals surface area contributed by atoms with Crippen LogP contribution in [0.2, 0.25) is 0 Å². The number of carbonyl (C=O) groups is 1. The van der Waals surface area contributed by atoms with E-state index in [1.54, 1.807) is 6.08 Å². The van der Waals surface area contributed by atoms with E-state index in [4.69, 9.17) is 28.4 Å². The Kier molecular flexibility index (Phi) is 51.9. The summed E-state index contributed by atoms with van der Waals surface area (Å²) in [5.41, 5.74) is 0. The highest BCUT2D eigenvalue weighted by Crippen LogP contribution is 2.33. The Hall–Kier alpha value is -1.47. The van der Waals surface area contributed by atoms with Crippen molar-refractivity contribution in [3.8, 4) is 0 Å². The van der Waals surface area contributed by atoms with Crippen LogP contribution >= 0.6 is 0 Å². The maximum Gasteiger partial charge on any atom is 0.220 e. The molecule has 0 aliphatic carbocycles. The average Bonchev–Trinajstić information content (AvgIpc) is 0.818. The molecule has 3 aliphatic rings. The molecule has 0 spiro atoms. The van der Waals surface area contributed by atoms with Gasteiger partial charge in [-0.2, -0.15) is 0 Å². The van der Waals surface area contributed by atoms with Gasteiger partial charge >= 0.3 is 0 Å². The van der Waals surface area contributed by atoms with Crippen LogP contribution in [0.15, 0.2) is 12.2 Å². The Labute approximate surface area is 563 Å². The van der Waals surface area contributed by atoms with Crippen LogP contribution in [0.4, 0.5) is 0 Å². The van der Waals surface area contributed by atoms with E-state index in [1.807, 2.05) is 6.08 Å². The van der Waals surface area contributed by atoms with Gasteiger partial charge in [0.1, 0.15) is 73.2 Å². The summed E-state index contributed by atoms with van der Waals surface area (Å²) in [5.74, 6) is -0.268. The van der Waals surface area contributed by atoms with Crippen LogP contribution in [0.3, 0.4) is 0 Å². The normalized spacial score (nSPS) is 27.5. The molecule has 3 fully saturated rings. The predicted molar refractivity (Wildman–Crippen MR) is 365 cm³/mol. The third-order valence-corrected chi connectivity index (χ3v) is 19.6. The molecule has 19 heteroatoms. The molecule has 3 saturated heterocycles. The Morgan fingerprint density at radius 3 is 1.01 bits per heavy atom. The zero-order valence-corrected chi connectivity index (χ0v) is 58.5. The van der Waals surface area contributed by atoms with Crippen LogP contribution in [0.5, 0.6) is 0 Å². The molecule has 0 aromatic heterocycles. The largest absolute Gasteiger partial charge is 0.394 e. The number of hydrogen-bond donors (Lipinski definition) is 12. The first-order chi connectivity index (χ1) is 45.3. The summed E-state index contributed by atoms with van der Waals surface area (Å²) in [6.07, 6.45) is 37.8. The lowest BCUT2D eigenvalue weighted by Crippen LogP contribution is -2.66. The van der Waals surface area contributed by atoms with Crippen LogP contribution in [-0.2, 0) is 33.2 Å². The summed E-state index contributed by atoms with van der Waals surface area (Å²) in [4.78, 5) is 13.4. The van der Waals surface area contributed by atoms with Crippen molar-refractivity contribution in [3.05, 3.63) is 12.2 Å². The van der Waals surface area contributed by atoms with Gasteiger partial charge in [0, 0.05) is 6.42 Å². The van der Waals surface area contributed by atoms with E-state index in [9.17, 15) is 61.0 Å². The smallest absolute Gasteiger partial charge is 0.220 e. The average molecular weight is 1330 g/mol. The molecule has 0 aromatic carbocycles. The molecule has 3 rings (SSSR count). The minimum Gasteiger partial charge on any atom is -0.394 e. The van der Waals surface area contributed by atoms with E-state index in [-0.39, 0.29) is 18.9 Å². The van der Waals surface area contributed by atoms with Crippen molar-refractivity contribution in [2.24, 2.45) is 0 Å². The van der Waals surface area contributed by atoms with Gasteiger partial charge in [-0.1, -0.05) is 309 Å². The number of aliphatic hydroxyl groups is 11. The molecule has 17 unspecified atom stereocenters. The molecule has 12 N–H and O–H groups in total. The lowest BCUT2D eigenvalue weighted by Gasteiger charge is -2.48. The second-order valence-electron chi connectivity index (χ2n) is 27.8. The molecule has 550 valence electrons. The van der Waals surface area contributed by atoms with Gasteiger partial charge in [-0.25, -0.2) is 0 Å². The van der Waals surface area contributed by atoms with Crippen molar-refractivity contribution >= 4 is 5.91 Å². The van der Waals surface area contributed by atoms with Crippen LogP contribution in [0, 0.1) is 0 Å². The second-order valence-corrected chi connectivity index (χ2v) is 27.8. The summed E-state index contributed by atoms with van der Waals surface area (Å²) >= 11 is 0. The predicted octanol–water partition coefficient (Wildman–Crippen LogP) is 11.6. The summed E-state index contributed by atoms with van der Waals surface area (Å²) < 4.78 is 34.4. The number of rotatable bonds is 61. The van der Waals surface area contributed by atoms with Gasteiger partial charge in [0.05, 0.1) is 38.6 Å². The molecule has 3 heterocycles. The van der Waals surface area contributed by atoms with Crippen molar-refractivity contribution in [3.63, 3.8) is 0 Å². The van der Waals surface area contributed by atoms with Crippen LogP contribution in [-0.4, -0.2) is 193 Å². The van der Waals surface area contributed by atoms with Gasteiger partial charge in [0.25, 0.3) is 0 Å². The van der Waals surface area contributed by atoms with Crippen molar-refractivity contribution in [1.29, 1.82) is 0 Å². The lowest BCUT2D eigenvalue weighted by molar-refractivity contribution is -0.379. The van der Waals surface area contributed by atoms with Gasteiger partial charge in [0.15, 0.2) is 18.9 Å². The van der Waals surface area contributed by atoms with Crippen molar-refractivity contribution in [2.75, 3.05) is 26.4 Å². The number of unbranched alkanes of at least 4 members (excludes halogenated alkanes) is 45. The molecule has 17 atom stereocenters. The van der Waals surface area contributed by atoms with E-state index in [0.29, 0.717) is 6.42 Å². The molecule has 0 radical (unpaired) electrons. The minimum absolute atomic E-state index is 0.250. The highest BCUT2D eigenvalue weighted by atomic mass is 16.8. The third kappa shape index (κ3) is 37.5.